The van der Waals surface area contributed by atoms with Crippen LogP contribution in [0.4, 0.5) is 9.18 Å². The van der Waals surface area contributed by atoms with Crippen LogP contribution >= 0.6 is 11.3 Å². The number of urea groups is 1. The maximum absolute atomic E-state index is 13.5. The van der Waals surface area contributed by atoms with E-state index in [1.165, 1.54) is 23.5 Å². The molecule has 0 radical (unpaired) electrons. The highest BCUT2D eigenvalue weighted by Crippen LogP contribution is 2.34. The monoisotopic (exact) mass is 479 g/mol. The average molecular weight is 480 g/mol. The molecule has 8 heteroatoms. The molecule has 2 unspecified atom stereocenters. The third-order valence-electron chi connectivity index (χ3n) is 5.99. The number of hydrogen-bond acceptors (Lipinski definition) is 4. The van der Waals surface area contributed by atoms with E-state index in [-0.39, 0.29) is 5.82 Å². The summed E-state index contributed by atoms with van der Waals surface area (Å²) in [7, 11) is 0. The van der Waals surface area contributed by atoms with Crippen LogP contribution in [0.3, 0.4) is 0 Å². The van der Waals surface area contributed by atoms with Crippen LogP contribution in [0.1, 0.15) is 48.2 Å². The van der Waals surface area contributed by atoms with Crippen LogP contribution in [0.2, 0.25) is 0 Å². The number of nitrogens with zero attached hydrogens (tertiary/aromatic N) is 1. The number of nitrogens with one attached hydrogen (secondary N) is 2. The molecule has 0 spiro atoms. The molecule has 4 amide bonds. The number of rotatable bonds is 9. The second-order valence-corrected chi connectivity index (χ2v) is 9.24. The molecule has 1 fully saturated rings. The lowest BCUT2D eigenvalue weighted by atomic mass is 9.85. The van der Waals surface area contributed by atoms with Crippen molar-refractivity contribution in [2.45, 2.75) is 37.8 Å². The van der Waals surface area contributed by atoms with Crippen LogP contribution in [0.5, 0.6) is 0 Å². The minimum Gasteiger partial charge on any atom is -0.343 e. The molecule has 1 aliphatic heterocycles. The molecule has 2 atom stereocenters. The number of benzene rings is 2. The van der Waals surface area contributed by atoms with Crippen LogP contribution in [-0.2, 0) is 15.1 Å². The van der Waals surface area contributed by atoms with Crippen molar-refractivity contribution in [2.75, 3.05) is 6.54 Å². The molecule has 0 saturated carbocycles. The molecule has 2 heterocycles. The smallest absolute Gasteiger partial charge is 0.325 e. The summed E-state index contributed by atoms with van der Waals surface area (Å²) in [6.45, 7) is 1.61. The summed E-state index contributed by atoms with van der Waals surface area (Å²) in [6, 6.07) is 17.7. The molecule has 6 nitrogen and oxygen atoms in total. The first-order valence-corrected chi connectivity index (χ1v) is 12.1. The Morgan fingerprint density at radius 3 is 2.47 bits per heavy atom. The van der Waals surface area contributed by atoms with Crippen molar-refractivity contribution in [1.29, 1.82) is 0 Å². The first-order chi connectivity index (χ1) is 16.4. The van der Waals surface area contributed by atoms with Gasteiger partial charge in [0.05, 0.1) is 6.04 Å². The third kappa shape index (κ3) is 4.72. The number of unbranched alkanes of at least 4 members (excludes halogenated alkanes) is 1. The first kappa shape index (κ1) is 23.6. The van der Waals surface area contributed by atoms with Gasteiger partial charge in [-0.3, -0.25) is 14.5 Å². The molecule has 34 heavy (non-hydrogen) atoms. The fourth-order valence-electron chi connectivity index (χ4n) is 4.22. The van der Waals surface area contributed by atoms with Gasteiger partial charge in [0.2, 0.25) is 5.91 Å². The highest BCUT2D eigenvalue weighted by molar-refractivity contribution is 7.10. The Labute approximate surface area is 201 Å². The number of halogens is 1. The number of hydrogen-bond donors (Lipinski definition) is 2. The number of carbonyl (C=O) groups excluding carboxylic acids is 3. The van der Waals surface area contributed by atoms with Crippen molar-refractivity contribution in [1.82, 2.24) is 15.5 Å². The lowest BCUT2D eigenvalue weighted by molar-refractivity contribution is -0.135. The molecule has 0 bridgehead atoms. The van der Waals surface area contributed by atoms with Gasteiger partial charge in [-0.15, -0.1) is 11.3 Å². The predicted octanol–water partition coefficient (Wildman–Crippen LogP) is 4.73. The quantitative estimate of drug-likeness (QED) is 0.436. The van der Waals surface area contributed by atoms with Crippen LogP contribution < -0.4 is 10.6 Å². The van der Waals surface area contributed by atoms with E-state index in [0.717, 1.165) is 22.6 Å². The van der Waals surface area contributed by atoms with E-state index < -0.39 is 36.0 Å². The second kappa shape index (κ2) is 10.2. The molecule has 1 aromatic heterocycles. The number of amides is 4. The maximum atomic E-state index is 13.5. The van der Waals surface area contributed by atoms with E-state index in [1.807, 2.05) is 54.8 Å². The summed E-state index contributed by atoms with van der Waals surface area (Å²) in [4.78, 5) is 41.3. The second-order valence-electron chi connectivity index (χ2n) is 8.26. The number of thiophene rings is 1. The largest absolute Gasteiger partial charge is 0.343 e. The van der Waals surface area contributed by atoms with E-state index in [4.69, 9.17) is 0 Å². The van der Waals surface area contributed by atoms with Gasteiger partial charge in [0.25, 0.3) is 5.91 Å². The topological polar surface area (TPSA) is 78.5 Å². The van der Waals surface area contributed by atoms with Gasteiger partial charge < -0.3 is 10.6 Å². The summed E-state index contributed by atoms with van der Waals surface area (Å²) in [5.41, 5.74) is 0.224. The first-order valence-electron chi connectivity index (χ1n) is 11.2. The Bertz CT molecular complexity index is 1150. The number of imide groups is 1. The van der Waals surface area contributed by atoms with Gasteiger partial charge in [-0.05, 0) is 41.1 Å². The standard InChI is InChI=1S/C26H26FN3O3S/c1-2-3-15-26(19-8-5-4-6-9-19)24(32)30(25(33)29-26)17-22(31)28-23(21-10-7-16-34-21)18-11-13-20(27)14-12-18/h4-14,16,23H,2-3,15,17H2,1H3,(H,28,31)(H,29,33). The molecule has 2 aromatic carbocycles. The fourth-order valence-corrected chi connectivity index (χ4v) is 5.03. The predicted molar refractivity (Wildman–Crippen MR) is 129 cm³/mol. The summed E-state index contributed by atoms with van der Waals surface area (Å²) in [5, 5.41) is 7.66. The maximum Gasteiger partial charge on any atom is 0.325 e. The van der Waals surface area contributed by atoms with Gasteiger partial charge >= 0.3 is 6.03 Å². The summed E-state index contributed by atoms with van der Waals surface area (Å²) < 4.78 is 13.4. The van der Waals surface area contributed by atoms with Crippen molar-refractivity contribution >= 4 is 29.2 Å². The molecule has 2 N–H and O–H groups in total. The molecular formula is C26H26FN3O3S. The van der Waals surface area contributed by atoms with E-state index >= 15 is 0 Å². The Morgan fingerprint density at radius 2 is 1.82 bits per heavy atom. The van der Waals surface area contributed by atoms with E-state index in [1.54, 1.807) is 12.1 Å². The van der Waals surface area contributed by atoms with Crippen LogP contribution in [-0.4, -0.2) is 29.3 Å². The van der Waals surface area contributed by atoms with Crippen molar-refractivity contribution < 1.29 is 18.8 Å². The van der Waals surface area contributed by atoms with E-state index in [2.05, 4.69) is 10.6 Å². The average Bonchev–Trinajstić information content (AvgIpc) is 3.46. The summed E-state index contributed by atoms with van der Waals surface area (Å²) in [6.07, 6.45) is 2.05. The van der Waals surface area contributed by atoms with Gasteiger partial charge in [0.1, 0.15) is 17.9 Å². The van der Waals surface area contributed by atoms with Crippen molar-refractivity contribution in [2.24, 2.45) is 0 Å². The summed E-state index contributed by atoms with van der Waals surface area (Å²) >= 11 is 1.45. The zero-order valence-electron chi connectivity index (χ0n) is 18.8. The van der Waals surface area contributed by atoms with Crippen molar-refractivity contribution in [3.05, 3.63) is 93.9 Å². The molecular weight excluding hydrogens is 453 g/mol. The molecule has 176 valence electrons. The lowest BCUT2D eigenvalue weighted by Crippen LogP contribution is -2.45. The van der Waals surface area contributed by atoms with E-state index in [0.29, 0.717) is 17.5 Å². The van der Waals surface area contributed by atoms with Crippen LogP contribution in [0, 0.1) is 5.82 Å². The fraction of sp³-hybridized carbons (Fsp3) is 0.269. The highest BCUT2D eigenvalue weighted by atomic mass is 32.1. The Balaban J connectivity index is 1.55. The van der Waals surface area contributed by atoms with E-state index in [9.17, 15) is 18.8 Å². The Morgan fingerprint density at radius 1 is 1.09 bits per heavy atom. The van der Waals surface area contributed by atoms with Gasteiger partial charge in [0, 0.05) is 4.88 Å². The van der Waals surface area contributed by atoms with Crippen molar-refractivity contribution in [3.63, 3.8) is 0 Å². The van der Waals surface area contributed by atoms with Gasteiger partial charge in [0.15, 0.2) is 0 Å². The van der Waals surface area contributed by atoms with Crippen LogP contribution in [0.15, 0.2) is 72.1 Å². The van der Waals surface area contributed by atoms with Gasteiger partial charge in [-0.25, -0.2) is 9.18 Å². The Hall–Kier alpha value is -3.52. The highest BCUT2D eigenvalue weighted by Gasteiger charge is 2.52. The molecule has 1 saturated heterocycles. The van der Waals surface area contributed by atoms with Crippen LogP contribution in [0.25, 0.3) is 0 Å². The van der Waals surface area contributed by atoms with Gasteiger partial charge in [-0.1, -0.05) is 68.3 Å². The zero-order valence-corrected chi connectivity index (χ0v) is 19.6. The summed E-state index contributed by atoms with van der Waals surface area (Å²) in [5.74, 6) is -1.28. The third-order valence-corrected chi connectivity index (χ3v) is 6.92. The SMILES string of the molecule is CCCCC1(c2ccccc2)NC(=O)N(CC(=O)NC(c2ccc(F)cc2)c2cccs2)C1=O. The number of carbonyl (C=O) groups is 3. The molecule has 0 aliphatic carbocycles. The zero-order chi connectivity index (χ0) is 24.1. The molecule has 3 aromatic rings. The van der Waals surface area contributed by atoms with Gasteiger partial charge in [-0.2, -0.15) is 0 Å². The Kier molecular flexibility index (Phi) is 7.07. The molecule has 4 rings (SSSR count). The lowest BCUT2D eigenvalue weighted by Gasteiger charge is -2.27. The normalized spacial score (nSPS) is 18.6. The minimum absolute atomic E-state index is 0.372. The molecule has 1 aliphatic rings. The van der Waals surface area contributed by atoms with Crippen molar-refractivity contribution in [3.8, 4) is 0 Å². The minimum atomic E-state index is -1.18.